The molecule has 1 aromatic heterocycles. The molecule has 0 aliphatic carbocycles. The van der Waals surface area contributed by atoms with E-state index < -0.39 is 0 Å². The molecule has 0 atom stereocenters. The van der Waals surface area contributed by atoms with Gasteiger partial charge in [-0.15, -0.1) is 0 Å². The second-order valence-corrected chi connectivity index (χ2v) is 4.32. The molecule has 0 saturated carbocycles. The molecule has 0 saturated heterocycles. The number of anilines is 1. The predicted molar refractivity (Wildman–Crippen MR) is 72.2 cm³/mol. The molecule has 1 aromatic carbocycles. The van der Waals surface area contributed by atoms with Gasteiger partial charge in [0.15, 0.2) is 0 Å². The molecular formula is C14H19N3O. The monoisotopic (exact) mass is 245 g/mol. The molecule has 18 heavy (non-hydrogen) atoms. The Bertz CT molecular complexity index is 493. The Morgan fingerprint density at radius 3 is 3.00 bits per heavy atom. The van der Waals surface area contributed by atoms with E-state index in [0.29, 0.717) is 0 Å². The first-order valence-corrected chi connectivity index (χ1v) is 6.27. The highest BCUT2D eigenvalue weighted by atomic mass is 16.3. The third kappa shape index (κ3) is 3.34. The van der Waals surface area contributed by atoms with E-state index in [0.717, 1.165) is 36.3 Å². The van der Waals surface area contributed by atoms with Gasteiger partial charge < -0.3 is 10.4 Å². The molecule has 0 unspecified atom stereocenters. The lowest BCUT2D eigenvalue weighted by Gasteiger charge is -2.06. The predicted octanol–water partition coefficient (Wildman–Crippen LogP) is 2.40. The highest BCUT2D eigenvalue weighted by Gasteiger charge is 1.99. The van der Waals surface area contributed by atoms with Gasteiger partial charge in [-0.05, 0) is 24.1 Å². The van der Waals surface area contributed by atoms with Crippen LogP contribution in [-0.2, 0) is 19.7 Å². The van der Waals surface area contributed by atoms with Crippen LogP contribution in [-0.4, -0.2) is 14.9 Å². The Labute approximate surface area is 107 Å². The number of aryl methyl sites for hydroxylation is 1. The van der Waals surface area contributed by atoms with E-state index in [9.17, 15) is 0 Å². The van der Waals surface area contributed by atoms with Crippen molar-refractivity contribution in [3.05, 3.63) is 47.8 Å². The first-order chi connectivity index (χ1) is 8.81. The lowest BCUT2D eigenvalue weighted by atomic mass is 10.2. The first kappa shape index (κ1) is 12.6. The minimum absolute atomic E-state index is 0.0734. The minimum Gasteiger partial charge on any atom is -0.392 e. The molecule has 0 radical (unpaired) electrons. The third-order valence-electron chi connectivity index (χ3n) is 2.75. The Morgan fingerprint density at radius 2 is 2.22 bits per heavy atom. The molecule has 4 heteroatoms. The molecule has 0 amide bonds. The molecule has 0 bridgehead atoms. The van der Waals surface area contributed by atoms with Crippen molar-refractivity contribution in [1.29, 1.82) is 0 Å². The van der Waals surface area contributed by atoms with E-state index in [1.807, 2.05) is 35.1 Å². The summed E-state index contributed by atoms with van der Waals surface area (Å²) in [7, 11) is 0. The van der Waals surface area contributed by atoms with Crippen molar-refractivity contribution >= 4 is 5.69 Å². The highest BCUT2D eigenvalue weighted by molar-refractivity contribution is 5.45. The van der Waals surface area contributed by atoms with Crippen molar-refractivity contribution in [2.75, 3.05) is 5.32 Å². The fraction of sp³-hybridized carbons (Fsp3) is 0.357. The van der Waals surface area contributed by atoms with Gasteiger partial charge in [-0.3, -0.25) is 4.68 Å². The van der Waals surface area contributed by atoms with Gasteiger partial charge >= 0.3 is 0 Å². The maximum atomic E-state index is 9.07. The van der Waals surface area contributed by atoms with Crippen LogP contribution >= 0.6 is 0 Å². The Kier molecular flexibility index (Phi) is 4.36. The summed E-state index contributed by atoms with van der Waals surface area (Å²) in [6, 6.07) is 7.80. The van der Waals surface area contributed by atoms with Crippen molar-refractivity contribution in [3.63, 3.8) is 0 Å². The molecule has 2 rings (SSSR count). The zero-order chi connectivity index (χ0) is 12.8. The minimum atomic E-state index is 0.0734. The van der Waals surface area contributed by atoms with Crippen molar-refractivity contribution in [2.45, 2.75) is 33.0 Å². The molecule has 96 valence electrons. The van der Waals surface area contributed by atoms with Crippen LogP contribution in [0.2, 0.25) is 0 Å². The van der Waals surface area contributed by atoms with Gasteiger partial charge in [0.25, 0.3) is 0 Å². The average molecular weight is 245 g/mol. The molecule has 0 fully saturated rings. The number of hydrogen-bond donors (Lipinski definition) is 2. The van der Waals surface area contributed by atoms with Crippen LogP contribution in [0.5, 0.6) is 0 Å². The normalized spacial score (nSPS) is 10.6. The summed E-state index contributed by atoms with van der Waals surface area (Å²) >= 11 is 0. The summed E-state index contributed by atoms with van der Waals surface area (Å²) in [6.07, 6.45) is 5.04. The molecule has 0 aliphatic heterocycles. The summed E-state index contributed by atoms with van der Waals surface area (Å²) in [5.74, 6) is 0. The number of aliphatic hydroxyl groups excluding tert-OH is 1. The summed E-state index contributed by atoms with van der Waals surface area (Å²) in [5, 5.41) is 16.7. The number of rotatable bonds is 6. The fourth-order valence-corrected chi connectivity index (χ4v) is 1.83. The zero-order valence-electron chi connectivity index (χ0n) is 10.6. The van der Waals surface area contributed by atoms with Crippen LogP contribution in [0.1, 0.15) is 24.5 Å². The summed E-state index contributed by atoms with van der Waals surface area (Å²) in [5.41, 5.74) is 3.10. The van der Waals surface area contributed by atoms with Crippen LogP contribution < -0.4 is 5.32 Å². The third-order valence-corrected chi connectivity index (χ3v) is 2.75. The van der Waals surface area contributed by atoms with Crippen LogP contribution in [0.4, 0.5) is 5.69 Å². The lowest BCUT2D eigenvalue weighted by Crippen LogP contribution is -1.99. The van der Waals surface area contributed by atoms with E-state index in [4.69, 9.17) is 5.11 Å². The maximum absolute atomic E-state index is 9.07. The first-order valence-electron chi connectivity index (χ1n) is 6.27. The average Bonchev–Trinajstić information content (AvgIpc) is 2.85. The van der Waals surface area contributed by atoms with E-state index in [1.54, 1.807) is 0 Å². The number of nitrogens with zero attached hydrogens (tertiary/aromatic N) is 2. The second-order valence-electron chi connectivity index (χ2n) is 4.32. The topological polar surface area (TPSA) is 50.1 Å². The Balaban J connectivity index is 1.93. The molecule has 1 heterocycles. The zero-order valence-corrected chi connectivity index (χ0v) is 10.6. The van der Waals surface area contributed by atoms with Gasteiger partial charge in [-0.2, -0.15) is 5.10 Å². The molecule has 4 nitrogen and oxygen atoms in total. The molecule has 0 aliphatic rings. The van der Waals surface area contributed by atoms with Crippen LogP contribution in [0.25, 0.3) is 0 Å². The second kappa shape index (κ2) is 6.21. The van der Waals surface area contributed by atoms with Crippen molar-refractivity contribution < 1.29 is 5.11 Å². The van der Waals surface area contributed by atoms with Gasteiger partial charge in [0, 0.05) is 30.5 Å². The largest absolute Gasteiger partial charge is 0.392 e. The lowest BCUT2D eigenvalue weighted by molar-refractivity contribution is 0.282. The molecule has 2 N–H and O–H groups in total. The number of aromatic nitrogens is 2. The Hall–Kier alpha value is -1.81. The smallest absolute Gasteiger partial charge is 0.0682 e. The molecule has 0 spiro atoms. The maximum Gasteiger partial charge on any atom is 0.0682 e. The van der Waals surface area contributed by atoms with Gasteiger partial charge in [0.05, 0.1) is 12.8 Å². The van der Waals surface area contributed by atoms with Gasteiger partial charge in [0.1, 0.15) is 0 Å². The van der Waals surface area contributed by atoms with Crippen molar-refractivity contribution in [2.24, 2.45) is 0 Å². The quantitative estimate of drug-likeness (QED) is 0.821. The molecule has 2 aromatic rings. The van der Waals surface area contributed by atoms with Gasteiger partial charge in [-0.1, -0.05) is 19.1 Å². The van der Waals surface area contributed by atoms with Crippen molar-refractivity contribution in [3.8, 4) is 0 Å². The molecular weight excluding hydrogens is 226 g/mol. The van der Waals surface area contributed by atoms with Gasteiger partial charge in [0.2, 0.25) is 0 Å². The van der Waals surface area contributed by atoms with Crippen LogP contribution in [0, 0.1) is 0 Å². The van der Waals surface area contributed by atoms with E-state index in [-0.39, 0.29) is 6.61 Å². The summed E-state index contributed by atoms with van der Waals surface area (Å²) in [6.45, 7) is 3.92. The number of benzene rings is 1. The van der Waals surface area contributed by atoms with Crippen molar-refractivity contribution in [1.82, 2.24) is 9.78 Å². The fourth-order valence-electron chi connectivity index (χ4n) is 1.83. The van der Waals surface area contributed by atoms with E-state index >= 15 is 0 Å². The van der Waals surface area contributed by atoms with Crippen LogP contribution in [0.15, 0.2) is 36.7 Å². The number of hydrogen-bond acceptors (Lipinski definition) is 3. The van der Waals surface area contributed by atoms with Gasteiger partial charge in [-0.25, -0.2) is 0 Å². The highest BCUT2D eigenvalue weighted by Crippen LogP contribution is 2.12. The SMILES string of the molecule is CCCn1cc(CNc2cccc(CO)c2)cn1. The number of aliphatic hydroxyl groups is 1. The summed E-state index contributed by atoms with van der Waals surface area (Å²) in [4.78, 5) is 0. The standard InChI is InChI=1S/C14H19N3O/c1-2-6-17-10-13(9-16-17)8-15-14-5-3-4-12(7-14)11-18/h3-5,7,9-10,15,18H,2,6,8,11H2,1H3. The number of nitrogens with one attached hydrogen (secondary N) is 1. The van der Waals surface area contributed by atoms with Crippen LogP contribution in [0.3, 0.4) is 0 Å². The summed E-state index contributed by atoms with van der Waals surface area (Å²) < 4.78 is 1.96. The Morgan fingerprint density at radius 1 is 1.33 bits per heavy atom. The van der Waals surface area contributed by atoms with E-state index in [1.165, 1.54) is 0 Å². The van der Waals surface area contributed by atoms with E-state index in [2.05, 4.69) is 23.5 Å².